The molecular weight excluding hydrogens is 171 g/mol. The van der Waals surface area contributed by atoms with Crippen LogP contribution in [0.4, 0.5) is 0 Å². The van der Waals surface area contributed by atoms with E-state index in [1.807, 2.05) is 0 Å². The summed E-state index contributed by atoms with van der Waals surface area (Å²) in [7, 11) is 0.992. The summed E-state index contributed by atoms with van der Waals surface area (Å²) in [6, 6.07) is 8.64. The maximum absolute atomic E-state index is 2.31. The van der Waals surface area contributed by atoms with Crippen LogP contribution in [-0.4, -0.2) is 39.1 Å². The molecule has 12 heavy (non-hydrogen) atoms. The van der Waals surface area contributed by atoms with E-state index >= 15 is 0 Å². The van der Waals surface area contributed by atoms with E-state index < -0.39 is 0 Å². The number of hydrogen-bond donors (Lipinski definition) is 0. The number of rotatable bonds is 1. The molecule has 0 saturated heterocycles. The third-order valence-corrected chi connectivity index (χ3v) is 3.24. The van der Waals surface area contributed by atoms with Crippen molar-refractivity contribution < 1.29 is 0 Å². The van der Waals surface area contributed by atoms with E-state index in [0.717, 1.165) is 9.52 Å². The molecule has 0 bridgehead atoms. The molecule has 0 nitrogen and oxygen atoms in total. The fraction of sp³-hybridized carbons (Fsp3) is 0.200. The zero-order valence-electron chi connectivity index (χ0n) is 7.54. The van der Waals surface area contributed by atoms with E-state index in [0.29, 0.717) is 5.54 Å². The summed E-state index contributed by atoms with van der Waals surface area (Å²) in [4.78, 5) is 0. The first-order valence-electron chi connectivity index (χ1n) is 3.86. The quantitative estimate of drug-likeness (QED) is 0.582. The van der Waals surface area contributed by atoms with Gasteiger partial charge < -0.3 is 0 Å². The van der Waals surface area contributed by atoms with Crippen molar-refractivity contribution in [1.82, 2.24) is 0 Å². The molecule has 1 aliphatic carbocycles. The first-order chi connectivity index (χ1) is 5.42. The molecule has 0 aliphatic heterocycles. The number of fused-ring (bicyclic) bond motifs is 1. The van der Waals surface area contributed by atoms with E-state index in [4.69, 9.17) is 0 Å². The van der Waals surface area contributed by atoms with Crippen LogP contribution in [-0.2, 0) is 0 Å². The van der Waals surface area contributed by atoms with Gasteiger partial charge in [-0.3, -0.25) is 0 Å². The minimum Gasteiger partial charge on any atom is -0.0797 e. The Morgan fingerprint density at radius 2 is 2.00 bits per heavy atom. The molecule has 1 atom stereocenters. The minimum absolute atomic E-state index is 0. The number of hydrogen-bond acceptors (Lipinski definition) is 0. The third-order valence-electron chi connectivity index (χ3n) is 2.11. The molecule has 1 aliphatic rings. The minimum atomic E-state index is 0. The predicted octanol–water partition coefficient (Wildman–Crippen LogP) is 2.13. The molecule has 0 saturated carbocycles. The van der Waals surface area contributed by atoms with E-state index in [-0.39, 0.29) is 29.6 Å². The van der Waals surface area contributed by atoms with Crippen LogP contribution in [0.15, 0.2) is 30.3 Å². The van der Waals surface area contributed by atoms with Gasteiger partial charge in [-0.1, -0.05) is 43.0 Å². The Hall–Kier alpha value is 0.177. The normalized spacial score (nSPS) is 18.6. The molecule has 2 heteroatoms. The van der Waals surface area contributed by atoms with Crippen molar-refractivity contribution in [3.63, 3.8) is 0 Å². The SMILES string of the molecule is C[Si]C1C=Cc2ccccc21.[Na]. The second-order valence-corrected chi connectivity index (χ2v) is 3.95. The molecule has 3 radical (unpaired) electrons. The standard InChI is InChI=1S/C10H10Si.Na/c1-11-10-7-6-8-4-2-3-5-9(8)10;/h2-7,10H,1H3;. The summed E-state index contributed by atoms with van der Waals surface area (Å²) in [5.74, 6) is 0. The summed E-state index contributed by atoms with van der Waals surface area (Å²) < 4.78 is 0. The van der Waals surface area contributed by atoms with Crippen molar-refractivity contribution >= 4 is 45.2 Å². The molecule has 1 aromatic rings. The maximum Gasteiger partial charge on any atom is 0.0492 e. The molecule has 0 spiro atoms. The van der Waals surface area contributed by atoms with Crippen molar-refractivity contribution in [2.75, 3.05) is 0 Å². The second-order valence-electron chi connectivity index (χ2n) is 2.75. The van der Waals surface area contributed by atoms with Crippen LogP contribution < -0.4 is 0 Å². The monoisotopic (exact) mass is 181 g/mol. The Morgan fingerprint density at radius 3 is 2.75 bits per heavy atom. The largest absolute Gasteiger partial charge is 0.0797 e. The summed E-state index contributed by atoms with van der Waals surface area (Å²) in [5.41, 5.74) is 3.62. The van der Waals surface area contributed by atoms with Crippen molar-refractivity contribution in [2.45, 2.75) is 12.1 Å². The molecule has 0 aromatic heterocycles. The van der Waals surface area contributed by atoms with Gasteiger partial charge in [0.25, 0.3) is 0 Å². The first-order valence-corrected chi connectivity index (χ1v) is 5.44. The zero-order chi connectivity index (χ0) is 7.68. The van der Waals surface area contributed by atoms with Gasteiger partial charge in [-0.25, -0.2) is 0 Å². The Bertz CT molecular complexity index is 294. The molecule has 1 unspecified atom stereocenters. The van der Waals surface area contributed by atoms with Crippen molar-refractivity contribution in [3.05, 3.63) is 41.5 Å². The van der Waals surface area contributed by atoms with E-state index in [1.165, 1.54) is 11.1 Å². The van der Waals surface area contributed by atoms with Gasteiger partial charge in [0, 0.05) is 39.1 Å². The van der Waals surface area contributed by atoms with Gasteiger partial charge in [0.2, 0.25) is 0 Å². The van der Waals surface area contributed by atoms with Crippen LogP contribution in [0.25, 0.3) is 6.08 Å². The second kappa shape index (κ2) is 4.42. The van der Waals surface area contributed by atoms with Crippen molar-refractivity contribution in [1.29, 1.82) is 0 Å². The fourth-order valence-corrected chi connectivity index (χ4v) is 2.36. The number of allylic oxidation sites excluding steroid dienone is 1. The molecular formula is C10H10NaSi. The average Bonchev–Trinajstić information content (AvgIpc) is 2.47. The van der Waals surface area contributed by atoms with Crippen LogP contribution in [0.1, 0.15) is 16.7 Å². The van der Waals surface area contributed by atoms with Crippen LogP contribution in [0.2, 0.25) is 6.55 Å². The Morgan fingerprint density at radius 1 is 1.25 bits per heavy atom. The Balaban J connectivity index is 0.000000720. The Kier molecular flexibility index (Phi) is 3.78. The molecule has 1 aromatic carbocycles. The molecule has 0 fully saturated rings. The van der Waals surface area contributed by atoms with Crippen LogP contribution in [0.3, 0.4) is 0 Å². The van der Waals surface area contributed by atoms with Gasteiger partial charge in [0.05, 0.1) is 0 Å². The number of benzene rings is 1. The van der Waals surface area contributed by atoms with E-state index in [2.05, 4.69) is 43.0 Å². The summed E-state index contributed by atoms with van der Waals surface area (Å²) in [6.45, 7) is 2.26. The maximum atomic E-state index is 2.31. The summed E-state index contributed by atoms with van der Waals surface area (Å²) >= 11 is 0. The smallest absolute Gasteiger partial charge is 0.0492 e. The molecule has 0 heterocycles. The van der Waals surface area contributed by atoms with Gasteiger partial charge in [0.15, 0.2) is 0 Å². The zero-order valence-corrected chi connectivity index (χ0v) is 10.5. The fourth-order valence-electron chi connectivity index (χ4n) is 1.50. The Labute approximate surface area is 98.2 Å². The van der Waals surface area contributed by atoms with Gasteiger partial charge in [-0.05, 0) is 16.7 Å². The van der Waals surface area contributed by atoms with Gasteiger partial charge in [-0.15, -0.1) is 0 Å². The van der Waals surface area contributed by atoms with Crippen molar-refractivity contribution in [3.8, 4) is 0 Å². The third kappa shape index (κ3) is 1.74. The topological polar surface area (TPSA) is 0 Å². The first kappa shape index (κ1) is 10.3. The molecule has 55 valence electrons. The molecule has 2 rings (SSSR count). The average molecular weight is 181 g/mol. The predicted molar refractivity (Wildman–Crippen MR) is 55.6 cm³/mol. The summed E-state index contributed by atoms with van der Waals surface area (Å²) in [6.07, 6.45) is 4.54. The van der Waals surface area contributed by atoms with Crippen LogP contribution >= 0.6 is 0 Å². The van der Waals surface area contributed by atoms with Crippen LogP contribution in [0, 0.1) is 0 Å². The summed E-state index contributed by atoms with van der Waals surface area (Å²) in [5, 5.41) is 0. The van der Waals surface area contributed by atoms with Gasteiger partial charge in [-0.2, -0.15) is 0 Å². The van der Waals surface area contributed by atoms with Gasteiger partial charge >= 0.3 is 0 Å². The van der Waals surface area contributed by atoms with Crippen molar-refractivity contribution in [2.24, 2.45) is 0 Å². The van der Waals surface area contributed by atoms with E-state index in [1.54, 1.807) is 0 Å². The molecule has 0 N–H and O–H groups in total. The van der Waals surface area contributed by atoms with E-state index in [9.17, 15) is 0 Å². The van der Waals surface area contributed by atoms with Gasteiger partial charge in [0.1, 0.15) is 0 Å². The van der Waals surface area contributed by atoms with Crippen LogP contribution in [0.5, 0.6) is 0 Å². The molecule has 0 amide bonds.